The zero-order valence-electron chi connectivity index (χ0n) is 21.7. The smallest absolute Gasteiger partial charge is 0.338 e. The van der Waals surface area contributed by atoms with Gasteiger partial charge in [-0.25, -0.2) is 9.59 Å². The summed E-state index contributed by atoms with van der Waals surface area (Å²) in [7, 11) is 1.31. The van der Waals surface area contributed by atoms with Crippen LogP contribution in [0.25, 0.3) is 5.69 Å². The monoisotopic (exact) mass is 516 g/mol. The van der Waals surface area contributed by atoms with Crippen molar-refractivity contribution in [2.24, 2.45) is 0 Å². The number of hydrogen-bond acceptors (Lipinski definition) is 7. The van der Waals surface area contributed by atoms with Gasteiger partial charge in [0, 0.05) is 29.2 Å². The molecule has 9 nitrogen and oxygen atoms in total. The molecule has 196 valence electrons. The molecular weight excluding hydrogens is 488 g/mol. The molecule has 1 aliphatic rings. The van der Waals surface area contributed by atoms with Crippen LogP contribution in [0, 0.1) is 13.8 Å². The van der Waals surface area contributed by atoms with E-state index in [1.807, 2.05) is 18.4 Å². The number of nitrogens with zero attached hydrogens (tertiary/aromatic N) is 2. The van der Waals surface area contributed by atoms with Gasteiger partial charge in [-0.1, -0.05) is 13.3 Å². The number of imide groups is 1. The lowest BCUT2D eigenvalue weighted by Gasteiger charge is -2.12. The molecule has 2 amide bonds. The predicted octanol–water partition coefficient (Wildman–Crippen LogP) is 4.32. The molecule has 0 N–H and O–H groups in total. The molecule has 3 aromatic rings. The first kappa shape index (κ1) is 26.5. The molecule has 38 heavy (non-hydrogen) atoms. The third-order valence-corrected chi connectivity index (χ3v) is 6.55. The number of aromatic nitrogens is 1. The van der Waals surface area contributed by atoms with E-state index < -0.39 is 24.5 Å². The van der Waals surface area contributed by atoms with Crippen molar-refractivity contribution in [2.75, 3.05) is 20.3 Å². The first-order valence-electron chi connectivity index (χ1n) is 12.3. The van der Waals surface area contributed by atoms with Gasteiger partial charge < -0.3 is 14.0 Å². The topological polar surface area (TPSA) is 112 Å². The number of hydrogen-bond donors (Lipinski definition) is 0. The van der Waals surface area contributed by atoms with E-state index in [0.29, 0.717) is 29.8 Å². The standard InChI is InChI=1S/C29H28N2O7/c1-5-6-13-30-26(33)22-12-9-20(15-24(22)27(30)34)29(36)38-16-25(32)23-14-17(2)31(18(23)3)21-10-7-19(8-11-21)28(35)37-4/h7-12,14-15H,5-6,13,16H2,1-4H3. The number of ketones is 1. The first-order valence-corrected chi connectivity index (χ1v) is 12.3. The van der Waals surface area contributed by atoms with Crippen molar-refractivity contribution in [1.29, 1.82) is 0 Å². The summed E-state index contributed by atoms with van der Waals surface area (Å²) in [5.74, 6) is -2.40. The van der Waals surface area contributed by atoms with Gasteiger partial charge in [0.1, 0.15) is 0 Å². The Morgan fingerprint density at radius 3 is 2.16 bits per heavy atom. The molecule has 9 heteroatoms. The van der Waals surface area contributed by atoms with Crippen molar-refractivity contribution in [3.8, 4) is 5.69 Å². The Balaban J connectivity index is 1.46. The van der Waals surface area contributed by atoms with E-state index in [2.05, 4.69) is 0 Å². The lowest BCUT2D eigenvalue weighted by atomic mass is 10.1. The second kappa shape index (κ2) is 10.8. The molecule has 0 atom stereocenters. The third kappa shape index (κ3) is 4.87. The molecule has 0 bridgehead atoms. The lowest BCUT2D eigenvalue weighted by Crippen LogP contribution is -2.30. The van der Waals surface area contributed by atoms with Crippen LogP contribution in [0.5, 0.6) is 0 Å². The largest absolute Gasteiger partial charge is 0.465 e. The minimum Gasteiger partial charge on any atom is -0.465 e. The molecule has 2 heterocycles. The highest BCUT2D eigenvalue weighted by Crippen LogP contribution is 2.25. The maximum absolute atomic E-state index is 12.9. The number of ether oxygens (including phenoxy) is 2. The van der Waals surface area contributed by atoms with Crippen LogP contribution in [-0.2, 0) is 9.47 Å². The van der Waals surface area contributed by atoms with Gasteiger partial charge in [-0.05, 0) is 68.8 Å². The molecule has 0 saturated carbocycles. The average molecular weight is 517 g/mol. The summed E-state index contributed by atoms with van der Waals surface area (Å²) in [5.41, 5.74) is 3.52. The number of aryl methyl sites for hydroxylation is 1. The molecule has 4 rings (SSSR count). The fourth-order valence-electron chi connectivity index (χ4n) is 4.54. The Morgan fingerprint density at radius 1 is 0.842 bits per heavy atom. The number of fused-ring (bicyclic) bond motifs is 1. The highest BCUT2D eigenvalue weighted by atomic mass is 16.5. The minimum absolute atomic E-state index is 0.0891. The highest BCUT2D eigenvalue weighted by Gasteiger charge is 2.35. The Hall–Kier alpha value is -4.53. The summed E-state index contributed by atoms with van der Waals surface area (Å²) < 4.78 is 11.9. The van der Waals surface area contributed by atoms with Crippen molar-refractivity contribution >= 4 is 29.5 Å². The molecular formula is C29H28N2O7. The number of esters is 2. The van der Waals surface area contributed by atoms with E-state index in [9.17, 15) is 24.0 Å². The quantitative estimate of drug-likeness (QED) is 0.237. The van der Waals surface area contributed by atoms with E-state index in [1.54, 1.807) is 37.3 Å². The van der Waals surface area contributed by atoms with Gasteiger partial charge in [-0.15, -0.1) is 0 Å². The zero-order valence-corrected chi connectivity index (χ0v) is 21.7. The van der Waals surface area contributed by atoms with Gasteiger partial charge in [0.05, 0.1) is 29.4 Å². The van der Waals surface area contributed by atoms with Gasteiger partial charge in [-0.3, -0.25) is 19.3 Å². The fourth-order valence-corrected chi connectivity index (χ4v) is 4.54. The Labute approximate surface area is 219 Å². The minimum atomic E-state index is -0.763. The Bertz CT molecular complexity index is 1450. The van der Waals surface area contributed by atoms with Crippen LogP contribution in [0.4, 0.5) is 0 Å². The summed E-state index contributed by atoms with van der Waals surface area (Å²) in [5, 5.41) is 0. The highest BCUT2D eigenvalue weighted by molar-refractivity contribution is 6.22. The number of amides is 2. The number of unbranched alkanes of at least 4 members (excludes halogenated alkanes) is 1. The van der Waals surface area contributed by atoms with Crippen molar-refractivity contribution in [3.05, 3.63) is 87.7 Å². The van der Waals surface area contributed by atoms with E-state index in [1.165, 1.54) is 30.2 Å². The summed E-state index contributed by atoms with van der Waals surface area (Å²) in [4.78, 5) is 63.7. The van der Waals surface area contributed by atoms with Crippen molar-refractivity contribution in [2.45, 2.75) is 33.6 Å². The van der Waals surface area contributed by atoms with E-state index in [0.717, 1.165) is 17.8 Å². The number of carbonyl (C=O) groups is 5. The molecule has 0 radical (unpaired) electrons. The van der Waals surface area contributed by atoms with Crippen molar-refractivity contribution < 1.29 is 33.4 Å². The summed E-state index contributed by atoms with van der Waals surface area (Å²) in [6, 6.07) is 12.7. The Morgan fingerprint density at radius 2 is 1.50 bits per heavy atom. The molecule has 0 saturated heterocycles. The van der Waals surface area contributed by atoms with Gasteiger partial charge in [-0.2, -0.15) is 0 Å². The van der Waals surface area contributed by atoms with Crippen LogP contribution < -0.4 is 0 Å². The number of carbonyl (C=O) groups excluding carboxylic acids is 5. The van der Waals surface area contributed by atoms with Crippen LogP contribution in [0.3, 0.4) is 0 Å². The van der Waals surface area contributed by atoms with Gasteiger partial charge >= 0.3 is 11.9 Å². The van der Waals surface area contributed by atoms with Crippen LogP contribution in [0.1, 0.15) is 82.9 Å². The fraction of sp³-hybridized carbons (Fsp3) is 0.276. The first-order chi connectivity index (χ1) is 18.2. The average Bonchev–Trinajstić information content (AvgIpc) is 3.36. The van der Waals surface area contributed by atoms with Crippen LogP contribution in [0.2, 0.25) is 0 Å². The Kier molecular flexibility index (Phi) is 7.57. The molecule has 0 spiro atoms. The number of rotatable bonds is 9. The maximum atomic E-state index is 12.9. The van der Waals surface area contributed by atoms with Crippen LogP contribution >= 0.6 is 0 Å². The third-order valence-electron chi connectivity index (χ3n) is 6.55. The summed E-state index contributed by atoms with van der Waals surface area (Å²) in [6.07, 6.45) is 1.53. The maximum Gasteiger partial charge on any atom is 0.338 e. The van der Waals surface area contributed by atoms with Crippen molar-refractivity contribution in [3.63, 3.8) is 0 Å². The van der Waals surface area contributed by atoms with Gasteiger partial charge in [0.25, 0.3) is 11.8 Å². The number of Topliss-reactive ketones (excluding diaryl/α,β-unsaturated/α-hetero) is 1. The summed E-state index contributed by atoms with van der Waals surface area (Å²) >= 11 is 0. The van der Waals surface area contributed by atoms with E-state index in [4.69, 9.17) is 9.47 Å². The second-order valence-corrected chi connectivity index (χ2v) is 9.03. The molecule has 2 aromatic carbocycles. The van der Waals surface area contributed by atoms with Gasteiger partial charge in [0.2, 0.25) is 5.78 Å². The summed E-state index contributed by atoms with van der Waals surface area (Å²) in [6.45, 7) is 5.43. The second-order valence-electron chi connectivity index (χ2n) is 9.03. The molecule has 0 aliphatic carbocycles. The lowest BCUT2D eigenvalue weighted by molar-refractivity contribution is 0.0474. The van der Waals surface area contributed by atoms with E-state index >= 15 is 0 Å². The normalized spacial score (nSPS) is 12.5. The number of methoxy groups -OCH3 is 1. The molecule has 0 unspecified atom stereocenters. The molecule has 1 aromatic heterocycles. The zero-order chi connectivity index (χ0) is 27.6. The van der Waals surface area contributed by atoms with Crippen LogP contribution in [-0.4, -0.2) is 59.3 Å². The van der Waals surface area contributed by atoms with Gasteiger partial charge in [0.15, 0.2) is 6.61 Å². The van der Waals surface area contributed by atoms with Crippen molar-refractivity contribution in [1.82, 2.24) is 9.47 Å². The predicted molar refractivity (Wildman–Crippen MR) is 138 cm³/mol. The SMILES string of the molecule is CCCCN1C(=O)c2ccc(C(=O)OCC(=O)c3cc(C)n(-c4ccc(C(=O)OC)cc4)c3C)cc2C1=O. The van der Waals surface area contributed by atoms with Crippen LogP contribution in [0.15, 0.2) is 48.5 Å². The molecule has 0 fully saturated rings. The number of benzene rings is 2. The molecule has 1 aliphatic heterocycles. The van der Waals surface area contributed by atoms with E-state index in [-0.39, 0.29) is 28.4 Å².